The first-order chi connectivity index (χ1) is 9.19. The molecule has 3 nitrogen and oxygen atoms in total. The number of fused-ring (bicyclic) bond motifs is 1. The minimum atomic E-state index is -0.677. The molecule has 2 aromatic carbocycles. The molecule has 19 heavy (non-hydrogen) atoms. The van der Waals surface area contributed by atoms with E-state index in [0.717, 1.165) is 4.90 Å². The Bertz CT molecular complexity index is 568. The summed E-state index contributed by atoms with van der Waals surface area (Å²) < 4.78 is 4.52. The fourth-order valence-corrected chi connectivity index (χ4v) is 2.66. The molecule has 0 unspecified atom stereocenters. The van der Waals surface area contributed by atoms with E-state index in [2.05, 4.69) is 29.0 Å². The second-order valence-electron chi connectivity index (χ2n) is 4.25. The van der Waals surface area contributed by atoms with Crippen LogP contribution in [0.4, 0.5) is 0 Å². The van der Waals surface area contributed by atoms with Crippen LogP contribution in [0.25, 0.3) is 10.8 Å². The van der Waals surface area contributed by atoms with Gasteiger partial charge in [0, 0.05) is 10.6 Å². The molecule has 0 radical (unpaired) electrons. The van der Waals surface area contributed by atoms with Crippen LogP contribution in [0.2, 0.25) is 0 Å². The van der Waals surface area contributed by atoms with Gasteiger partial charge in [-0.2, -0.15) is 0 Å². The minimum absolute atomic E-state index is 0.0388. The van der Waals surface area contributed by atoms with E-state index in [9.17, 15) is 9.90 Å². The Morgan fingerprint density at radius 3 is 2.74 bits per heavy atom. The smallest absolute Gasteiger partial charge is 0.308 e. The quantitative estimate of drug-likeness (QED) is 0.674. The summed E-state index contributed by atoms with van der Waals surface area (Å²) in [5.41, 5.74) is 0. The molecule has 1 atom stereocenters. The van der Waals surface area contributed by atoms with Crippen molar-refractivity contribution in [3.05, 3.63) is 42.5 Å². The van der Waals surface area contributed by atoms with Gasteiger partial charge in [0.1, 0.15) is 0 Å². The minimum Gasteiger partial charge on any atom is -0.469 e. The van der Waals surface area contributed by atoms with E-state index in [1.54, 1.807) is 0 Å². The summed E-state index contributed by atoms with van der Waals surface area (Å²) in [4.78, 5) is 12.1. The molecule has 2 aromatic rings. The number of benzene rings is 2. The van der Waals surface area contributed by atoms with Gasteiger partial charge in [-0.3, -0.25) is 4.79 Å². The van der Waals surface area contributed by atoms with E-state index < -0.39 is 6.10 Å². The zero-order valence-corrected chi connectivity index (χ0v) is 11.5. The molecule has 4 heteroatoms. The van der Waals surface area contributed by atoms with Crippen molar-refractivity contribution in [2.24, 2.45) is 0 Å². The molecule has 1 N–H and O–H groups in total. The fraction of sp³-hybridized carbons (Fsp3) is 0.267. The Kier molecular flexibility index (Phi) is 4.82. The average molecular weight is 276 g/mol. The van der Waals surface area contributed by atoms with Crippen molar-refractivity contribution < 1.29 is 14.6 Å². The molecule has 0 saturated heterocycles. The number of carbonyl (C=O) groups excluding carboxylic acids is 1. The molecule has 0 saturated carbocycles. The SMILES string of the molecule is COC(=O)C[C@@H](O)CSc1ccc2ccccc2c1. The summed E-state index contributed by atoms with van der Waals surface area (Å²) in [6.45, 7) is 0. The van der Waals surface area contributed by atoms with Gasteiger partial charge < -0.3 is 9.84 Å². The Labute approximate surface area is 116 Å². The van der Waals surface area contributed by atoms with Crippen LogP contribution in [0, 0.1) is 0 Å². The number of aliphatic hydroxyl groups excluding tert-OH is 1. The molecular weight excluding hydrogens is 260 g/mol. The molecule has 0 aliphatic heterocycles. The number of methoxy groups -OCH3 is 1. The van der Waals surface area contributed by atoms with E-state index >= 15 is 0 Å². The lowest BCUT2D eigenvalue weighted by atomic mass is 10.1. The molecule has 0 amide bonds. The van der Waals surface area contributed by atoms with E-state index in [1.807, 2.05) is 18.2 Å². The standard InChI is InChI=1S/C15H16O3S/c1-18-15(17)9-13(16)10-19-14-7-6-11-4-2-3-5-12(11)8-14/h2-8,13,16H,9-10H2,1H3/t13-/m1/s1. The third-order valence-corrected chi connectivity index (χ3v) is 3.93. The summed E-state index contributed by atoms with van der Waals surface area (Å²) in [5.74, 6) is 0.0968. The van der Waals surface area contributed by atoms with Crippen LogP contribution >= 0.6 is 11.8 Å². The molecular formula is C15H16O3S. The number of esters is 1. The maximum atomic E-state index is 11.0. The Balaban J connectivity index is 1.96. The van der Waals surface area contributed by atoms with E-state index in [4.69, 9.17) is 0 Å². The average Bonchev–Trinajstić information content (AvgIpc) is 2.44. The maximum absolute atomic E-state index is 11.0. The molecule has 0 fully saturated rings. The van der Waals surface area contributed by atoms with E-state index in [1.165, 1.54) is 29.6 Å². The second kappa shape index (κ2) is 6.59. The van der Waals surface area contributed by atoms with Crippen LogP contribution in [0.15, 0.2) is 47.4 Å². The first-order valence-corrected chi connectivity index (χ1v) is 7.04. The first-order valence-electron chi connectivity index (χ1n) is 6.05. The number of hydrogen-bond donors (Lipinski definition) is 1. The van der Waals surface area contributed by atoms with Crippen LogP contribution in [-0.4, -0.2) is 30.0 Å². The van der Waals surface area contributed by atoms with Crippen LogP contribution in [0.1, 0.15) is 6.42 Å². The van der Waals surface area contributed by atoms with E-state index in [-0.39, 0.29) is 12.4 Å². The van der Waals surface area contributed by atoms with Gasteiger partial charge in [0.15, 0.2) is 0 Å². The summed E-state index contributed by atoms with van der Waals surface area (Å²) in [6, 6.07) is 14.3. The highest BCUT2D eigenvalue weighted by molar-refractivity contribution is 7.99. The molecule has 100 valence electrons. The number of hydrogen-bond acceptors (Lipinski definition) is 4. The van der Waals surface area contributed by atoms with Crippen molar-refractivity contribution in [1.29, 1.82) is 0 Å². The van der Waals surface area contributed by atoms with Crippen LogP contribution < -0.4 is 0 Å². The van der Waals surface area contributed by atoms with Crippen LogP contribution in [-0.2, 0) is 9.53 Å². The molecule has 2 rings (SSSR count). The molecule has 0 heterocycles. The van der Waals surface area contributed by atoms with Gasteiger partial charge in [-0.1, -0.05) is 30.3 Å². The highest BCUT2D eigenvalue weighted by Gasteiger charge is 2.11. The molecule has 0 aliphatic carbocycles. The topological polar surface area (TPSA) is 46.5 Å². The lowest BCUT2D eigenvalue weighted by molar-refractivity contribution is -0.142. The molecule has 0 aromatic heterocycles. The second-order valence-corrected chi connectivity index (χ2v) is 5.35. The Morgan fingerprint density at radius 2 is 2.00 bits per heavy atom. The van der Waals surface area contributed by atoms with Crippen molar-refractivity contribution in [2.45, 2.75) is 17.4 Å². The number of ether oxygens (including phenoxy) is 1. The number of carbonyl (C=O) groups is 1. The van der Waals surface area contributed by atoms with Crippen LogP contribution in [0.3, 0.4) is 0 Å². The van der Waals surface area contributed by atoms with Crippen molar-refractivity contribution in [1.82, 2.24) is 0 Å². The van der Waals surface area contributed by atoms with Gasteiger partial charge in [0.2, 0.25) is 0 Å². The highest BCUT2D eigenvalue weighted by atomic mass is 32.2. The van der Waals surface area contributed by atoms with Crippen molar-refractivity contribution in [3.8, 4) is 0 Å². The largest absolute Gasteiger partial charge is 0.469 e. The molecule has 0 bridgehead atoms. The highest BCUT2D eigenvalue weighted by Crippen LogP contribution is 2.24. The van der Waals surface area contributed by atoms with Crippen LogP contribution in [0.5, 0.6) is 0 Å². The molecule has 0 spiro atoms. The normalized spacial score (nSPS) is 12.3. The predicted molar refractivity (Wildman–Crippen MR) is 77.3 cm³/mol. The third kappa shape index (κ3) is 3.98. The summed E-state index contributed by atoms with van der Waals surface area (Å²) >= 11 is 1.54. The third-order valence-electron chi connectivity index (χ3n) is 2.79. The van der Waals surface area contributed by atoms with Gasteiger partial charge in [0.25, 0.3) is 0 Å². The van der Waals surface area contributed by atoms with Gasteiger partial charge in [-0.05, 0) is 22.9 Å². The Morgan fingerprint density at radius 1 is 1.26 bits per heavy atom. The van der Waals surface area contributed by atoms with Crippen molar-refractivity contribution >= 4 is 28.5 Å². The number of aliphatic hydroxyl groups is 1. The molecule has 0 aliphatic rings. The van der Waals surface area contributed by atoms with Gasteiger partial charge >= 0.3 is 5.97 Å². The lowest BCUT2D eigenvalue weighted by Gasteiger charge is -2.09. The van der Waals surface area contributed by atoms with Crippen molar-refractivity contribution in [2.75, 3.05) is 12.9 Å². The Hall–Kier alpha value is -1.52. The zero-order valence-electron chi connectivity index (χ0n) is 10.7. The monoisotopic (exact) mass is 276 g/mol. The van der Waals surface area contributed by atoms with Crippen molar-refractivity contribution in [3.63, 3.8) is 0 Å². The predicted octanol–water partition coefficient (Wildman–Crippen LogP) is 2.86. The number of rotatable bonds is 5. The number of thioether (sulfide) groups is 1. The summed E-state index contributed by atoms with van der Waals surface area (Å²) in [6.07, 6.45) is -0.638. The van der Waals surface area contributed by atoms with Gasteiger partial charge in [-0.25, -0.2) is 0 Å². The van der Waals surface area contributed by atoms with Gasteiger partial charge in [0.05, 0.1) is 19.6 Å². The maximum Gasteiger partial charge on any atom is 0.308 e. The van der Waals surface area contributed by atoms with E-state index in [0.29, 0.717) is 5.75 Å². The fourth-order valence-electron chi connectivity index (χ4n) is 1.78. The van der Waals surface area contributed by atoms with Gasteiger partial charge in [-0.15, -0.1) is 11.8 Å². The zero-order chi connectivity index (χ0) is 13.7. The summed E-state index contributed by atoms with van der Waals surface area (Å²) in [7, 11) is 1.32. The lowest BCUT2D eigenvalue weighted by Crippen LogP contribution is -2.16. The first kappa shape index (κ1) is 13.9. The summed E-state index contributed by atoms with van der Waals surface area (Å²) in [5, 5.41) is 12.1.